The second-order valence-corrected chi connectivity index (χ2v) is 6.60. The Balaban J connectivity index is 1.85. The monoisotopic (exact) mass is 373 g/mol. The molecule has 1 atom stereocenters. The zero-order valence-corrected chi connectivity index (χ0v) is 15.4. The van der Waals surface area contributed by atoms with Gasteiger partial charge in [-0.1, -0.05) is 36.7 Å². The zero-order valence-electron chi connectivity index (χ0n) is 14.7. The Kier molecular flexibility index (Phi) is 5.13. The molecule has 0 aliphatic carbocycles. The highest BCUT2D eigenvalue weighted by atomic mass is 35.5. The molecule has 1 aromatic carbocycles. The number of rotatable bonds is 5. The van der Waals surface area contributed by atoms with Gasteiger partial charge in [-0.25, -0.2) is 4.98 Å². The van der Waals surface area contributed by atoms with E-state index in [1.807, 2.05) is 25.1 Å². The summed E-state index contributed by atoms with van der Waals surface area (Å²) >= 11 is 6.12. The Morgan fingerprint density at radius 3 is 2.81 bits per heavy atom. The van der Waals surface area contributed by atoms with Crippen molar-refractivity contribution in [3.05, 3.63) is 53.2 Å². The molecule has 136 valence electrons. The molecule has 0 bridgehead atoms. The van der Waals surface area contributed by atoms with Crippen molar-refractivity contribution in [1.29, 1.82) is 0 Å². The number of ether oxygens (including phenoxy) is 1. The molecule has 3 rings (SSSR count). The van der Waals surface area contributed by atoms with Gasteiger partial charge < -0.3 is 10.1 Å². The fourth-order valence-electron chi connectivity index (χ4n) is 2.84. The quantitative estimate of drug-likeness (QED) is 0.818. The molecule has 1 aliphatic heterocycles. The normalized spacial score (nSPS) is 18.9. The lowest BCUT2D eigenvalue weighted by atomic mass is 10.0. The van der Waals surface area contributed by atoms with Crippen molar-refractivity contribution >= 4 is 29.2 Å². The minimum atomic E-state index is -1.66. The first-order valence-electron chi connectivity index (χ1n) is 8.45. The van der Waals surface area contributed by atoms with Gasteiger partial charge in [0.25, 0.3) is 17.4 Å². The van der Waals surface area contributed by atoms with E-state index in [1.54, 1.807) is 24.4 Å². The molecule has 26 heavy (non-hydrogen) atoms. The zero-order chi connectivity index (χ0) is 18.7. The van der Waals surface area contributed by atoms with Gasteiger partial charge in [0.1, 0.15) is 0 Å². The highest BCUT2D eigenvalue weighted by Crippen LogP contribution is 2.36. The number of amides is 2. The molecule has 2 amide bonds. The number of benzene rings is 1. The van der Waals surface area contributed by atoms with Crippen LogP contribution in [0.3, 0.4) is 0 Å². The molecule has 0 spiro atoms. The average Bonchev–Trinajstić information content (AvgIpc) is 2.64. The molecule has 0 fully saturated rings. The van der Waals surface area contributed by atoms with E-state index in [0.29, 0.717) is 23.1 Å². The predicted molar refractivity (Wildman–Crippen MR) is 99.2 cm³/mol. The van der Waals surface area contributed by atoms with Gasteiger partial charge in [0.05, 0.1) is 0 Å². The molecule has 0 radical (unpaired) electrons. The van der Waals surface area contributed by atoms with Gasteiger partial charge in [-0.15, -0.1) is 0 Å². The number of carbonyl (C=O) groups excluding carboxylic acids is 2. The third-order valence-corrected chi connectivity index (χ3v) is 4.62. The second kappa shape index (κ2) is 7.33. The minimum absolute atomic E-state index is 0.207. The van der Waals surface area contributed by atoms with Gasteiger partial charge in [-0.05, 0) is 37.1 Å². The molecular formula is C19H20ClN3O3. The summed E-state index contributed by atoms with van der Waals surface area (Å²) in [4.78, 5) is 31.6. The van der Waals surface area contributed by atoms with Crippen LogP contribution in [0.2, 0.25) is 5.02 Å². The molecule has 1 aromatic heterocycles. The Morgan fingerprint density at radius 1 is 1.31 bits per heavy atom. The molecular weight excluding hydrogens is 354 g/mol. The van der Waals surface area contributed by atoms with Crippen LogP contribution in [0, 0.1) is 0 Å². The molecule has 2 aromatic rings. The Morgan fingerprint density at radius 2 is 2.08 bits per heavy atom. The Hall–Kier alpha value is -2.60. The number of nitrogens with zero attached hydrogens (tertiary/aromatic N) is 2. The van der Waals surface area contributed by atoms with Crippen molar-refractivity contribution in [1.82, 2.24) is 10.3 Å². The van der Waals surface area contributed by atoms with Crippen molar-refractivity contribution in [2.75, 3.05) is 11.4 Å². The van der Waals surface area contributed by atoms with Crippen LogP contribution in [0.15, 0.2) is 42.6 Å². The molecule has 0 saturated heterocycles. The average molecular weight is 374 g/mol. The standard InChI is InChI=1S/C19H20ClN3O3/c1-3-11-23-16-15(9-6-10-21-16)26-19(2,18(23)25)17(24)22-12-13-7-4-5-8-14(13)20/h4-10H,3,11-12H2,1-2H3,(H,22,24)/t19-/m1/s1. The van der Waals surface area contributed by atoms with Crippen molar-refractivity contribution in [2.45, 2.75) is 32.4 Å². The summed E-state index contributed by atoms with van der Waals surface area (Å²) in [6.45, 7) is 4.11. The molecule has 0 unspecified atom stereocenters. The fraction of sp³-hybridized carbons (Fsp3) is 0.316. The third kappa shape index (κ3) is 3.24. The maximum Gasteiger partial charge on any atom is 0.282 e. The highest BCUT2D eigenvalue weighted by Gasteiger charge is 2.50. The number of carbonyl (C=O) groups is 2. The van der Waals surface area contributed by atoms with E-state index in [9.17, 15) is 9.59 Å². The summed E-state index contributed by atoms with van der Waals surface area (Å²) < 4.78 is 5.79. The number of anilines is 1. The lowest BCUT2D eigenvalue weighted by Gasteiger charge is -2.38. The Bertz CT molecular complexity index is 842. The molecule has 2 heterocycles. The minimum Gasteiger partial charge on any atom is -0.464 e. The summed E-state index contributed by atoms with van der Waals surface area (Å²) in [7, 11) is 0. The second-order valence-electron chi connectivity index (χ2n) is 6.19. The van der Waals surface area contributed by atoms with E-state index in [2.05, 4.69) is 10.3 Å². The Labute approximate surface area is 157 Å². The van der Waals surface area contributed by atoms with Gasteiger partial charge in [-0.3, -0.25) is 14.5 Å². The topological polar surface area (TPSA) is 71.5 Å². The lowest BCUT2D eigenvalue weighted by Crippen LogP contribution is -2.62. The van der Waals surface area contributed by atoms with Crippen molar-refractivity contribution < 1.29 is 14.3 Å². The van der Waals surface area contributed by atoms with Crippen LogP contribution in [0.25, 0.3) is 0 Å². The van der Waals surface area contributed by atoms with Crippen LogP contribution < -0.4 is 15.0 Å². The van der Waals surface area contributed by atoms with Crippen LogP contribution in [-0.4, -0.2) is 28.9 Å². The number of fused-ring (bicyclic) bond motifs is 1. The van der Waals surface area contributed by atoms with E-state index in [0.717, 1.165) is 12.0 Å². The molecule has 0 saturated carbocycles. The van der Waals surface area contributed by atoms with E-state index < -0.39 is 17.4 Å². The van der Waals surface area contributed by atoms with Crippen molar-refractivity contribution in [2.24, 2.45) is 0 Å². The van der Waals surface area contributed by atoms with Gasteiger partial charge >= 0.3 is 0 Å². The number of hydrogen-bond donors (Lipinski definition) is 1. The van der Waals surface area contributed by atoms with E-state index >= 15 is 0 Å². The third-order valence-electron chi connectivity index (χ3n) is 4.25. The first-order chi connectivity index (χ1) is 12.5. The summed E-state index contributed by atoms with van der Waals surface area (Å²) in [6, 6.07) is 10.6. The lowest BCUT2D eigenvalue weighted by molar-refractivity contribution is -0.148. The molecule has 1 N–H and O–H groups in total. The smallest absolute Gasteiger partial charge is 0.282 e. The summed E-state index contributed by atoms with van der Waals surface area (Å²) in [5.41, 5.74) is -0.895. The van der Waals surface area contributed by atoms with Gasteiger partial charge in [0.2, 0.25) is 0 Å². The maximum absolute atomic E-state index is 13.0. The van der Waals surface area contributed by atoms with Crippen molar-refractivity contribution in [3.63, 3.8) is 0 Å². The van der Waals surface area contributed by atoms with Crippen molar-refractivity contribution in [3.8, 4) is 5.75 Å². The van der Waals surface area contributed by atoms with Gasteiger partial charge in [0, 0.05) is 24.3 Å². The van der Waals surface area contributed by atoms with Gasteiger partial charge in [0.15, 0.2) is 11.6 Å². The number of nitrogens with one attached hydrogen (secondary N) is 1. The van der Waals surface area contributed by atoms with Gasteiger partial charge in [-0.2, -0.15) is 0 Å². The number of halogens is 1. The molecule has 7 heteroatoms. The largest absolute Gasteiger partial charge is 0.464 e. The van der Waals surface area contributed by atoms with E-state index in [-0.39, 0.29) is 6.54 Å². The van der Waals surface area contributed by atoms with Crippen LogP contribution in [-0.2, 0) is 16.1 Å². The molecule has 6 nitrogen and oxygen atoms in total. The molecule has 1 aliphatic rings. The highest BCUT2D eigenvalue weighted by molar-refractivity contribution is 6.31. The fourth-order valence-corrected chi connectivity index (χ4v) is 3.04. The summed E-state index contributed by atoms with van der Waals surface area (Å²) in [5, 5.41) is 3.31. The van der Waals surface area contributed by atoms with E-state index in [1.165, 1.54) is 11.8 Å². The van der Waals surface area contributed by atoms with Crippen LogP contribution in [0.5, 0.6) is 5.75 Å². The van der Waals surface area contributed by atoms with E-state index in [4.69, 9.17) is 16.3 Å². The van der Waals surface area contributed by atoms with Crippen LogP contribution in [0.1, 0.15) is 25.8 Å². The predicted octanol–water partition coefficient (Wildman–Crippen LogP) is 2.95. The van der Waals surface area contributed by atoms with Crippen LogP contribution in [0.4, 0.5) is 5.82 Å². The summed E-state index contributed by atoms with van der Waals surface area (Å²) in [5.74, 6) is -0.0908. The first-order valence-corrected chi connectivity index (χ1v) is 8.83. The number of hydrogen-bond acceptors (Lipinski definition) is 4. The summed E-state index contributed by atoms with van der Waals surface area (Å²) in [6.07, 6.45) is 2.33. The number of aromatic nitrogens is 1. The number of pyridine rings is 1. The first kappa shape index (κ1) is 18.2. The van der Waals surface area contributed by atoms with Crippen LogP contribution >= 0.6 is 11.6 Å². The SMILES string of the molecule is CCCN1C(=O)[C@@](C)(C(=O)NCc2ccccc2Cl)Oc2cccnc21. The maximum atomic E-state index is 13.0.